The van der Waals surface area contributed by atoms with Gasteiger partial charge in [-0.25, -0.2) is 4.39 Å². The van der Waals surface area contributed by atoms with Crippen molar-refractivity contribution < 1.29 is 18.8 Å². The molecule has 0 aliphatic carbocycles. The van der Waals surface area contributed by atoms with E-state index in [4.69, 9.17) is 12.2 Å². The quantitative estimate of drug-likeness (QED) is 0.426. The lowest BCUT2D eigenvalue weighted by molar-refractivity contribution is -0.120. The van der Waals surface area contributed by atoms with E-state index in [0.717, 1.165) is 12.1 Å². The van der Waals surface area contributed by atoms with Crippen LogP contribution in [0.2, 0.25) is 0 Å². The van der Waals surface area contributed by atoms with E-state index in [1.54, 1.807) is 41.3 Å². The molecule has 2 aromatic rings. The van der Waals surface area contributed by atoms with Gasteiger partial charge in [-0.2, -0.15) is 0 Å². The first kappa shape index (κ1) is 21.2. The predicted octanol–water partition coefficient (Wildman–Crippen LogP) is 1.70. The maximum Gasteiger partial charge on any atom is 0.257 e. The molecule has 0 unspecified atom stereocenters. The van der Waals surface area contributed by atoms with Gasteiger partial charge >= 0.3 is 0 Å². The number of para-hydroxylation sites is 1. The lowest BCUT2D eigenvalue weighted by atomic mass is 10.2. The zero-order valence-electron chi connectivity index (χ0n) is 15.9. The summed E-state index contributed by atoms with van der Waals surface area (Å²) in [4.78, 5) is 37.5. The van der Waals surface area contributed by atoms with Crippen LogP contribution in [-0.4, -0.2) is 35.9 Å². The summed E-state index contributed by atoms with van der Waals surface area (Å²) in [7, 11) is 0. The average Bonchev–Trinajstić information content (AvgIpc) is 3.18. The molecule has 1 aliphatic rings. The Hall–Kier alpha value is -3.53. The second-order valence-electron chi connectivity index (χ2n) is 6.49. The highest BCUT2D eigenvalue weighted by Crippen LogP contribution is 2.21. The molecule has 1 aliphatic heterocycles. The summed E-state index contributed by atoms with van der Waals surface area (Å²) in [6.07, 6.45) is 1.36. The molecule has 3 rings (SSSR count). The topological polar surface area (TPSA) is 103 Å². The summed E-state index contributed by atoms with van der Waals surface area (Å²) >= 11 is 4.97. The fraction of sp³-hybridized carbons (Fsp3) is 0.200. The number of anilines is 2. The summed E-state index contributed by atoms with van der Waals surface area (Å²) in [5.41, 5.74) is 6.01. The number of benzene rings is 2. The normalized spacial score (nSPS) is 13.0. The number of amides is 3. The van der Waals surface area contributed by atoms with Crippen molar-refractivity contribution in [1.29, 1.82) is 0 Å². The molecule has 2 aromatic carbocycles. The maximum atomic E-state index is 13.5. The van der Waals surface area contributed by atoms with E-state index in [2.05, 4.69) is 21.5 Å². The Morgan fingerprint density at radius 3 is 2.47 bits per heavy atom. The summed E-state index contributed by atoms with van der Waals surface area (Å²) in [6, 6.07) is 12.5. The van der Waals surface area contributed by atoms with Crippen molar-refractivity contribution in [2.45, 2.75) is 12.8 Å². The second kappa shape index (κ2) is 9.79. The first-order valence-electron chi connectivity index (χ1n) is 9.23. The first-order chi connectivity index (χ1) is 14.4. The summed E-state index contributed by atoms with van der Waals surface area (Å²) in [6.45, 7) is 0.381. The van der Waals surface area contributed by atoms with Gasteiger partial charge in [0.1, 0.15) is 5.82 Å². The third kappa shape index (κ3) is 5.51. The minimum atomic E-state index is -0.541. The number of rotatable bonds is 5. The highest BCUT2D eigenvalue weighted by atomic mass is 32.1. The minimum absolute atomic E-state index is 0.00757. The van der Waals surface area contributed by atoms with E-state index >= 15 is 0 Å². The molecule has 0 saturated carbocycles. The van der Waals surface area contributed by atoms with Crippen molar-refractivity contribution >= 4 is 46.4 Å². The van der Waals surface area contributed by atoms with Crippen LogP contribution in [0.15, 0.2) is 48.5 Å². The number of thiocarbonyl (C=S) groups is 1. The van der Waals surface area contributed by atoms with Gasteiger partial charge < -0.3 is 15.5 Å². The largest absolute Gasteiger partial charge is 0.343 e. The number of carbonyl (C=O) groups is 3. The standard InChI is InChI=1S/C20H20FN5O3S/c21-15-4-1-2-5-16(15)23-20(30)25-24-17(27)12-22-19(29)13-7-9-14(10-8-13)26-11-3-6-18(26)28/h1-2,4-5,7-10H,3,6,11-12H2,(H,22,29)(H,24,27)(H2,23,25,30). The molecule has 0 atom stereocenters. The van der Waals surface area contributed by atoms with Crippen LogP contribution in [0.25, 0.3) is 0 Å². The van der Waals surface area contributed by atoms with Gasteiger partial charge in [-0.15, -0.1) is 0 Å². The number of nitrogens with one attached hydrogen (secondary N) is 4. The number of nitrogens with zero attached hydrogens (tertiary/aromatic N) is 1. The van der Waals surface area contributed by atoms with Gasteiger partial charge in [0, 0.05) is 24.2 Å². The summed E-state index contributed by atoms with van der Waals surface area (Å²) in [5.74, 6) is -1.39. The fourth-order valence-electron chi connectivity index (χ4n) is 2.86. The van der Waals surface area contributed by atoms with Crippen LogP contribution in [0.4, 0.5) is 15.8 Å². The number of hydrazine groups is 1. The Labute approximate surface area is 177 Å². The Kier molecular flexibility index (Phi) is 6.91. The molecular weight excluding hydrogens is 409 g/mol. The van der Waals surface area contributed by atoms with Crippen molar-refractivity contribution in [2.75, 3.05) is 23.3 Å². The Morgan fingerprint density at radius 1 is 1.07 bits per heavy atom. The van der Waals surface area contributed by atoms with Crippen LogP contribution < -0.4 is 26.4 Å². The monoisotopic (exact) mass is 429 g/mol. The first-order valence-corrected chi connectivity index (χ1v) is 9.64. The van der Waals surface area contributed by atoms with Crippen molar-refractivity contribution in [2.24, 2.45) is 0 Å². The molecule has 0 aromatic heterocycles. The van der Waals surface area contributed by atoms with Gasteiger partial charge in [-0.3, -0.25) is 25.2 Å². The summed E-state index contributed by atoms with van der Waals surface area (Å²) < 4.78 is 13.5. The van der Waals surface area contributed by atoms with Crippen molar-refractivity contribution in [3.63, 3.8) is 0 Å². The molecule has 0 spiro atoms. The van der Waals surface area contributed by atoms with Gasteiger partial charge in [-0.1, -0.05) is 12.1 Å². The number of carbonyl (C=O) groups excluding carboxylic acids is 3. The highest BCUT2D eigenvalue weighted by Gasteiger charge is 2.21. The third-order valence-electron chi connectivity index (χ3n) is 4.36. The Bertz CT molecular complexity index is 967. The highest BCUT2D eigenvalue weighted by molar-refractivity contribution is 7.80. The van der Waals surface area contributed by atoms with Crippen molar-refractivity contribution in [1.82, 2.24) is 16.2 Å². The second-order valence-corrected chi connectivity index (χ2v) is 6.89. The summed E-state index contributed by atoms with van der Waals surface area (Å²) in [5, 5.41) is 5.08. The zero-order valence-corrected chi connectivity index (χ0v) is 16.7. The van der Waals surface area contributed by atoms with Crippen LogP contribution in [0.3, 0.4) is 0 Å². The van der Waals surface area contributed by atoms with Crippen LogP contribution in [0.5, 0.6) is 0 Å². The molecule has 156 valence electrons. The van der Waals surface area contributed by atoms with E-state index in [-0.39, 0.29) is 23.3 Å². The molecule has 3 amide bonds. The van der Waals surface area contributed by atoms with Gasteiger partial charge in [0.25, 0.3) is 11.8 Å². The molecule has 1 saturated heterocycles. The van der Waals surface area contributed by atoms with Crippen LogP contribution in [-0.2, 0) is 9.59 Å². The van der Waals surface area contributed by atoms with Crippen molar-refractivity contribution in [3.05, 3.63) is 59.9 Å². The average molecular weight is 429 g/mol. The molecular formula is C20H20FN5O3S. The lowest BCUT2D eigenvalue weighted by Crippen LogP contribution is -2.47. The minimum Gasteiger partial charge on any atom is -0.343 e. The lowest BCUT2D eigenvalue weighted by Gasteiger charge is -2.16. The fourth-order valence-corrected chi connectivity index (χ4v) is 3.02. The van der Waals surface area contributed by atoms with Crippen LogP contribution in [0, 0.1) is 5.82 Å². The van der Waals surface area contributed by atoms with Gasteiger partial charge in [0.15, 0.2) is 5.11 Å². The smallest absolute Gasteiger partial charge is 0.257 e. The van der Waals surface area contributed by atoms with Gasteiger partial charge in [0.05, 0.1) is 12.2 Å². The number of hydrogen-bond donors (Lipinski definition) is 4. The van der Waals surface area contributed by atoms with E-state index < -0.39 is 17.6 Å². The molecule has 1 fully saturated rings. The van der Waals surface area contributed by atoms with E-state index in [1.807, 2.05) is 0 Å². The predicted molar refractivity (Wildman–Crippen MR) is 114 cm³/mol. The number of hydrogen-bond acceptors (Lipinski definition) is 4. The molecule has 8 nitrogen and oxygen atoms in total. The van der Waals surface area contributed by atoms with Crippen molar-refractivity contribution in [3.8, 4) is 0 Å². The van der Waals surface area contributed by atoms with Crippen LogP contribution in [0.1, 0.15) is 23.2 Å². The van der Waals surface area contributed by atoms with E-state index in [0.29, 0.717) is 18.5 Å². The van der Waals surface area contributed by atoms with Gasteiger partial charge in [-0.05, 0) is 55.0 Å². The molecule has 0 bridgehead atoms. The third-order valence-corrected chi connectivity index (χ3v) is 4.57. The molecule has 30 heavy (non-hydrogen) atoms. The molecule has 4 N–H and O–H groups in total. The number of halogens is 1. The SMILES string of the molecule is O=C(CNC(=O)c1ccc(N2CCCC2=O)cc1)NNC(=S)Nc1ccccc1F. The molecule has 0 radical (unpaired) electrons. The van der Waals surface area contributed by atoms with E-state index in [1.165, 1.54) is 12.1 Å². The Balaban J connectivity index is 1.42. The Morgan fingerprint density at radius 2 is 1.80 bits per heavy atom. The maximum absolute atomic E-state index is 13.5. The zero-order chi connectivity index (χ0) is 21.5. The van der Waals surface area contributed by atoms with Crippen LogP contribution >= 0.6 is 12.2 Å². The van der Waals surface area contributed by atoms with E-state index in [9.17, 15) is 18.8 Å². The van der Waals surface area contributed by atoms with Gasteiger partial charge in [0.2, 0.25) is 5.91 Å². The molecule has 1 heterocycles. The molecule has 10 heteroatoms.